The Hall–Kier alpha value is -1.14. The number of thioether (sulfide) groups is 1. The van der Waals surface area contributed by atoms with E-state index in [0.29, 0.717) is 13.1 Å². The predicted octanol–water partition coefficient (Wildman–Crippen LogP) is 3.97. The highest BCUT2D eigenvalue weighted by molar-refractivity contribution is 14.0. The third-order valence-corrected chi connectivity index (χ3v) is 6.31. The van der Waals surface area contributed by atoms with Gasteiger partial charge in [0.2, 0.25) is 0 Å². The summed E-state index contributed by atoms with van der Waals surface area (Å²) < 4.78 is 29.0. The van der Waals surface area contributed by atoms with Crippen molar-refractivity contribution < 1.29 is 8.78 Å². The second kappa shape index (κ2) is 11.8. The number of hydrogen-bond donors (Lipinski definition) is 2. The molecule has 0 spiro atoms. The van der Waals surface area contributed by atoms with Crippen LogP contribution in [0.5, 0.6) is 0 Å². The smallest absolute Gasteiger partial charge is 0.191 e. The second-order valence-electron chi connectivity index (χ2n) is 6.15. The summed E-state index contributed by atoms with van der Waals surface area (Å²) in [6, 6.07) is 4.07. The maximum absolute atomic E-state index is 14.0. The number of aromatic nitrogens is 1. The van der Waals surface area contributed by atoms with Crippen LogP contribution in [0.1, 0.15) is 12.8 Å². The second-order valence-corrected chi connectivity index (χ2v) is 8.38. The molecule has 0 saturated carbocycles. The molecule has 1 fully saturated rings. The van der Waals surface area contributed by atoms with Crippen molar-refractivity contribution in [2.45, 2.75) is 23.2 Å². The topological polar surface area (TPSA) is 52.6 Å². The molecule has 28 heavy (non-hydrogen) atoms. The fraction of sp³-hybridized carbons (Fsp3) is 0.444. The van der Waals surface area contributed by atoms with Crippen LogP contribution in [0, 0.1) is 11.6 Å². The Bertz CT molecular complexity index is 740. The minimum absolute atomic E-state index is 0. The predicted molar refractivity (Wildman–Crippen MR) is 124 cm³/mol. The van der Waals surface area contributed by atoms with Crippen LogP contribution < -0.4 is 15.5 Å². The van der Waals surface area contributed by atoms with E-state index >= 15 is 0 Å². The molecule has 1 aliphatic heterocycles. The Kier molecular flexibility index (Phi) is 9.72. The molecule has 1 unspecified atom stereocenters. The first-order chi connectivity index (χ1) is 13.2. The Labute approximate surface area is 189 Å². The highest BCUT2D eigenvalue weighted by Crippen LogP contribution is 2.26. The van der Waals surface area contributed by atoms with Crippen LogP contribution >= 0.6 is 47.1 Å². The fourth-order valence-electron chi connectivity index (χ4n) is 2.98. The van der Waals surface area contributed by atoms with E-state index in [0.717, 1.165) is 35.4 Å². The van der Waals surface area contributed by atoms with Gasteiger partial charge in [0, 0.05) is 50.1 Å². The maximum Gasteiger partial charge on any atom is 0.191 e. The number of hydrogen-bond acceptors (Lipinski definition) is 5. The van der Waals surface area contributed by atoms with Gasteiger partial charge in [-0.3, -0.25) is 4.99 Å². The first-order valence-corrected chi connectivity index (χ1v) is 10.7. The molecule has 0 radical (unpaired) electrons. The van der Waals surface area contributed by atoms with E-state index in [1.54, 1.807) is 35.0 Å². The van der Waals surface area contributed by atoms with Gasteiger partial charge in [-0.1, -0.05) is 17.8 Å². The van der Waals surface area contributed by atoms with Gasteiger partial charge >= 0.3 is 0 Å². The highest BCUT2D eigenvalue weighted by atomic mass is 127. The maximum atomic E-state index is 14.0. The largest absolute Gasteiger partial charge is 0.365 e. The van der Waals surface area contributed by atoms with Crippen molar-refractivity contribution in [3.8, 4) is 0 Å². The summed E-state index contributed by atoms with van der Waals surface area (Å²) in [6.45, 7) is 1.95. The van der Waals surface area contributed by atoms with Gasteiger partial charge in [-0.15, -0.1) is 35.3 Å². The summed E-state index contributed by atoms with van der Waals surface area (Å²) in [6.07, 6.45) is 3.60. The average molecular weight is 539 g/mol. The number of anilines is 1. The van der Waals surface area contributed by atoms with Gasteiger partial charge in [-0.25, -0.2) is 13.8 Å². The number of rotatable bonds is 7. The third-order valence-electron chi connectivity index (χ3n) is 4.26. The number of aliphatic imine (C=N–C) groups is 1. The number of para-hydroxylation sites is 1. The lowest BCUT2D eigenvalue weighted by Crippen LogP contribution is -2.45. The van der Waals surface area contributed by atoms with Gasteiger partial charge in [0.15, 0.2) is 5.96 Å². The molecule has 0 aliphatic carbocycles. The van der Waals surface area contributed by atoms with Crippen molar-refractivity contribution in [2.24, 2.45) is 4.99 Å². The number of benzene rings is 1. The monoisotopic (exact) mass is 539 g/mol. The molecule has 10 heteroatoms. The van der Waals surface area contributed by atoms with Crippen molar-refractivity contribution in [3.05, 3.63) is 41.4 Å². The molecule has 0 amide bonds. The van der Waals surface area contributed by atoms with Crippen molar-refractivity contribution in [1.82, 2.24) is 15.6 Å². The fourth-order valence-corrected chi connectivity index (χ4v) is 4.63. The molecule has 2 N–H and O–H groups in total. The highest BCUT2D eigenvalue weighted by Gasteiger charge is 2.27. The van der Waals surface area contributed by atoms with Crippen LogP contribution in [0.2, 0.25) is 0 Å². The normalized spacial score (nSPS) is 16.8. The molecule has 3 rings (SSSR count). The van der Waals surface area contributed by atoms with E-state index < -0.39 is 11.6 Å². The van der Waals surface area contributed by atoms with Gasteiger partial charge in [-0.05, 0) is 25.0 Å². The lowest BCUT2D eigenvalue weighted by molar-refractivity contribution is 0.576. The molecule has 0 bridgehead atoms. The van der Waals surface area contributed by atoms with Crippen LogP contribution in [0.25, 0.3) is 0 Å². The molecule has 1 aliphatic rings. The molecule has 1 aromatic carbocycles. The molecular formula is C18H24F2IN5S2. The van der Waals surface area contributed by atoms with Crippen molar-refractivity contribution in [3.63, 3.8) is 0 Å². The van der Waals surface area contributed by atoms with E-state index in [9.17, 15) is 8.78 Å². The number of nitrogens with one attached hydrogen (secondary N) is 2. The Morgan fingerprint density at radius 2 is 2.18 bits per heavy atom. The molecule has 154 valence electrons. The first-order valence-electron chi connectivity index (χ1n) is 8.86. The standard InChI is InChI=1S/C18H23F2N5S2.HI/c1-21-17(22-7-3-10-26-18-23-8-11-27-18)24-13-6-9-25(12-13)16-14(19)4-2-5-15(16)20;/h2,4-5,8,11,13H,3,6-7,9-10,12H2,1H3,(H2,21,22,24);1H. The average Bonchev–Trinajstić information content (AvgIpc) is 3.32. The first kappa shape index (κ1) is 23.1. The quantitative estimate of drug-likeness (QED) is 0.184. The summed E-state index contributed by atoms with van der Waals surface area (Å²) in [7, 11) is 1.73. The summed E-state index contributed by atoms with van der Waals surface area (Å²) in [4.78, 5) is 10.2. The minimum atomic E-state index is -0.518. The molecule has 1 saturated heterocycles. The van der Waals surface area contributed by atoms with Gasteiger partial charge in [0.25, 0.3) is 0 Å². The number of guanidine groups is 1. The van der Waals surface area contributed by atoms with E-state index in [-0.39, 0.29) is 35.7 Å². The molecule has 2 heterocycles. The zero-order chi connectivity index (χ0) is 19.1. The van der Waals surface area contributed by atoms with E-state index in [4.69, 9.17) is 0 Å². The zero-order valence-electron chi connectivity index (χ0n) is 15.5. The SMILES string of the molecule is CN=C(NCCCSc1nccs1)NC1CCN(c2c(F)cccc2F)C1.I. The van der Waals surface area contributed by atoms with E-state index in [1.165, 1.54) is 18.2 Å². The van der Waals surface area contributed by atoms with E-state index in [2.05, 4.69) is 20.6 Å². The summed E-state index contributed by atoms with van der Waals surface area (Å²) in [5, 5.41) is 8.62. The molecule has 5 nitrogen and oxygen atoms in total. The summed E-state index contributed by atoms with van der Waals surface area (Å²) >= 11 is 3.40. The third kappa shape index (κ3) is 6.45. The summed E-state index contributed by atoms with van der Waals surface area (Å²) in [5.41, 5.74) is 0.0592. The Morgan fingerprint density at radius 3 is 2.86 bits per heavy atom. The van der Waals surface area contributed by atoms with Crippen molar-refractivity contribution >= 4 is 58.7 Å². The lowest BCUT2D eigenvalue weighted by atomic mass is 10.2. The van der Waals surface area contributed by atoms with Crippen molar-refractivity contribution in [2.75, 3.05) is 37.3 Å². The summed E-state index contributed by atoms with van der Waals surface area (Å²) in [5.74, 6) is 0.670. The number of halogens is 3. The van der Waals surface area contributed by atoms with Crippen LogP contribution in [0.4, 0.5) is 14.5 Å². The van der Waals surface area contributed by atoms with Crippen LogP contribution in [0.3, 0.4) is 0 Å². The number of nitrogens with zero attached hydrogens (tertiary/aromatic N) is 3. The van der Waals surface area contributed by atoms with Crippen LogP contribution in [-0.4, -0.2) is 49.4 Å². The van der Waals surface area contributed by atoms with E-state index in [1.807, 2.05) is 11.6 Å². The van der Waals surface area contributed by atoms with Gasteiger partial charge in [0.1, 0.15) is 21.7 Å². The van der Waals surface area contributed by atoms with Gasteiger partial charge in [0.05, 0.1) is 0 Å². The Balaban J connectivity index is 0.00000280. The zero-order valence-corrected chi connectivity index (χ0v) is 19.5. The Morgan fingerprint density at radius 1 is 1.39 bits per heavy atom. The minimum Gasteiger partial charge on any atom is -0.365 e. The molecule has 1 atom stereocenters. The number of thiazole rings is 1. The van der Waals surface area contributed by atoms with Crippen LogP contribution in [0.15, 0.2) is 39.1 Å². The van der Waals surface area contributed by atoms with Crippen LogP contribution in [-0.2, 0) is 0 Å². The van der Waals surface area contributed by atoms with Gasteiger partial charge in [-0.2, -0.15) is 0 Å². The molecular weight excluding hydrogens is 515 g/mol. The molecule has 1 aromatic heterocycles. The lowest BCUT2D eigenvalue weighted by Gasteiger charge is -2.21. The molecule has 2 aromatic rings. The van der Waals surface area contributed by atoms with Gasteiger partial charge < -0.3 is 15.5 Å². The van der Waals surface area contributed by atoms with Crippen molar-refractivity contribution in [1.29, 1.82) is 0 Å².